The van der Waals surface area contributed by atoms with Gasteiger partial charge in [-0.1, -0.05) is 18.7 Å². The van der Waals surface area contributed by atoms with Crippen LogP contribution in [-0.4, -0.2) is 27.5 Å². The normalized spacial score (nSPS) is 22.7. The number of carboxylic acids is 1. The van der Waals surface area contributed by atoms with E-state index in [0.29, 0.717) is 23.6 Å². The molecule has 6 nitrogen and oxygen atoms in total. The van der Waals surface area contributed by atoms with E-state index in [1.165, 1.54) is 11.8 Å². The summed E-state index contributed by atoms with van der Waals surface area (Å²) in [6.07, 6.45) is 2.61. The summed E-state index contributed by atoms with van der Waals surface area (Å²) in [5.41, 5.74) is 3.50. The van der Waals surface area contributed by atoms with Gasteiger partial charge in [-0.3, -0.25) is 15.5 Å². The van der Waals surface area contributed by atoms with E-state index in [9.17, 15) is 9.59 Å². The molecule has 0 radical (unpaired) electrons. The maximum absolute atomic E-state index is 12.0. The third-order valence-electron chi connectivity index (χ3n) is 2.91. The van der Waals surface area contributed by atoms with Crippen molar-refractivity contribution < 1.29 is 14.7 Å². The number of rotatable bonds is 3. The first-order valence-electron chi connectivity index (χ1n) is 5.88. The number of carbonyl (C=O) groups excluding carboxylic acids is 1. The third kappa shape index (κ3) is 2.66. The average molecular weight is 269 g/mol. The van der Waals surface area contributed by atoms with Crippen LogP contribution in [0, 0.1) is 0 Å². The molecule has 0 aromatic rings. The van der Waals surface area contributed by atoms with Gasteiger partial charge >= 0.3 is 5.97 Å². The van der Waals surface area contributed by atoms with Crippen LogP contribution in [0.3, 0.4) is 0 Å². The lowest BCUT2D eigenvalue weighted by atomic mass is 10.1. The second kappa shape index (κ2) is 5.43. The molecule has 1 unspecified atom stereocenters. The number of amidine groups is 1. The average Bonchev–Trinajstić information content (AvgIpc) is 2.96. The lowest BCUT2D eigenvalue weighted by molar-refractivity contribution is -0.133. The van der Waals surface area contributed by atoms with E-state index >= 15 is 0 Å². The largest absolute Gasteiger partial charge is 0.478 e. The number of aliphatic carboxylic acids is 1. The fourth-order valence-corrected chi connectivity index (χ4v) is 2.75. The maximum atomic E-state index is 12.0. The van der Waals surface area contributed by atoms with E-state index < -0.39 is 5.97 Å². The zero-order chi connectivity index (χ0) is 13.1. The van der Waals surface area contributed by atoms with Crippen LogP contribution < -0.4 is 10.7 Å². The van der Waals surface area contributed by atoms with Gasteiger partial charge in [0.1, 0.15) is 0 Å². The fourth-order valence-electron chi connectivity index (χ4n) is 1.95. The van der Waals surface area contributed by atoms with Crippen molar-refractivity contribution in [1.29, 1.82) is 0 Å². The number of nitrogens with one attached hydrogen (secondary N) is 2. The highest BCUT2D eigenvalue weighted by atomic mass is 32.2. The molecular weight excluding hydrogens is 254 g/mol. The molecule has 0 bridgehead atoms. The molecule has 0 fully saturated rings. The predicted molar refractivity (Wildman–Crippen MR) is 68.9 cm³/mol. The van der Waals surface area contributed by atoms with E-state index in [-0.39, 0.29) is 16.9 Å². The summed E-state index contributed by atoms with van der Waals surface area (Å²) in [6, 6.07) is 0. The molecule has 7 heteroatoms. The van der Waals surface area contributed by atoms with Crippen LogP contribution in [0.4, 0.5) is 0 Å². The third-order valence-corrected chi connectivity index (χ3v) is 4.05. The number of thioether (sulfide) groups is 1. The molecule has 0 saturated carbocycles. The molecule has 98 valence electrons. The van der Waals surface area contributed by atoms with Crippen molar-refractivity contribution in [2.45, 2.75) is 38.0 Å². The molecular formula is C11H15N3O3S. The summed E-state index contributed by atoms with van der Waals surface area (Å²) in [4.78, 5) is 22.9. The Morgan fingerprint density at radius 3 is 2.83 bits per heavy atom. The second-order valence-corrected chi connectivity index (χ2v) is 5.32. The van der Waals surface area contributed by atoms with Gasteiger partial charge in [-0.25, -0.2) is 4.79 Å². The van der Waals surface area contributed by atoms with Crippen molar-refractivity contribution >= 4 is 28.8 Å². The van der Waals surface area contributed by atoms with Gasteiger partial charge in [0, 0.05) is 11.1 Å². The highest BCUT2D eigenvalue weighted by Crippen LogP contribution is 2.27. The second-order valence-electron chi connectivity index (χ2n) is 4.13. The van der Waals surface area contributed by atoms with E-state index in [1.807, 2.05) is 6.92 Å². The molecule has 1 aliphatic carbocycles. The Morgan fingerprint density at radius 1 is 1.50 bits per heavy atom. The van der Waals surface area contributed by atoms with Gasteiger partial charge in [0.2, 0.25) is 0 Å². The van der Waals surface area contributed by atoms with Gasteiger partial charge in [-0.15, -0.1) is 0 Å². The van der Waals surface area contributed by atoms with Gasteiger partial charge < -0.3 is 5.11 Å². The molecule has 1 heterocycles. The molecule has 0 aromatic heterocycles. The van der Waals surface area contributed by atoms with Crippen LogP contribution in [0.25, 0.3) is 0 Å². The first kappa shape index (κ1) is 12.9. The smallest absolute Gasteiger partial charge is 0.332 e. The molecule has 2 rings (SSSR count). The lowest BCUT2D eigenvalue weighted by Crippen LogP contribution is -2.29. The van der Waals surface area contributed by atoms with Gasteiger partial charge in [0.25, 0.3) is 5.91 Å². The van der Waals surface area contributed by atoms with Crippen molar-refractivity contribution in [3.8, 4) is 0 Å². The Hall–Kier alpha value is -1.50. The summed E-state index contributed by atoms with van der Waals surface area (Å²) in [5, 5.41) is 16.3. The van der Waals surface area contributed by atoms with Crippen molar-refractivity contribution in [1.82, 2.24) is 10.7 Å². The van der Waals surface area contributed by atoms with Crippen molar-refractivity contribution in [2.75, 3.05) is 0 Å². The Balaban J connectivity index is 2.01. The van der Waals surface area contributed by atoms with Gasteiger partial charge in [0.05, 0.1) is 5.37 Å². The summed E-state index contributed by atoms with van der Waals surface area (Å²) in [5.74, 6) is -1.34. The van der Waals surface area contributed by atoms with E-state index in [4.69, 9.17) is 5.11 Å². The first-order chi connectivity index (χ1) is 8.61. The summed E-state index contributed by atoms with van der Waals surface area (Å²) in [7, 11) is 0. The SMILES string of the molecule is CCC1NN=C(NC(=O)C2=C(C(=O)O)CCC2)S1. The van der Waals surface area contributed by atoms with Crippen LogP contribution >= 0.6 is 11.8 Å². The first-order valence-corrected chi connectivity index (χ1v) is 6.76. The number of hydrazone groups is 1. The summed E-state index contributed by atoms with van der Waals surface area (Å²) < 4.78 is 0. The fraction of sp³-hybridized carbons (Fsp3) is 0.545. The molecule has 1 atom stereocenters. The van der Waals surface area contributed by atoms with Crippen molar-refractivity contribution in [3.05, 3.63) is 11.1 Å². The number of nitrogens with zero attached hydrogens (tertiary/aromatic N) is 1. The van der Waals surface area contributed by atoms with Crippen molar-refractivity contribution in [2.24, 2.45) is 5.10 Å². The summed E-state index contributed by atoms with van der Waals surface area (Å²) in [6.45, 7) is 2.02. The number of amides is 1. The van der Waals surface area contributed by atoms with Crippen molar-refractivity contribution in [3.63, 3.8) is 0 Å². The highest BCUT2D eigenvalue weighted by molar-refractivity contribution is 8.14. The van der Waals surface area contributed by atoms with E-state index in [2.05, 4.69) is 15.8 Å². The molecule has 0 saturated heterocycles. The number of carboxylic acid groups (broad SMARTS) is 1. The standard InChI is InChI=1S/C11H15N3O3S/c1-2-8-13-14-11(18-8)12-9(15)6-4-3-5-7(6)10(16)17/h8,13H,2-5H2,1H3,(H,16,17)(H,12,14,15). The zero-order valence-corrected chi connectivity index (χ0v) is 10.8. The Kier molecular flexibility index (Phi) is 3.90. The highest BCUT2D eigenvalue weighted by Gasteiger charge is 2.27. The van der Waals surface area contributed by atoms with Crippen LogP contribution in [-0.2, 0) is 9.59 Å². The van der Waals surface area contributed by atoms with E-state index in [1.54, 1.807) is 0 Å². The van der Waals surface area contributed by atoms with Gasteiger partial charge in [-0.2, -0.15) is 5.10 Å². The van der Waals surface area contributed by atoms with Gasteiger partial charge in [-0.05, 0) is 25.7 Å². The maximum Gasteiger partial charge on any atom is 0.332 e. The monoisotopic (exact) mass is 269 g/mol. The molecule has 1 amide bonds. The Bertz CT molecular complexity index is 445. The number of hydrogen-bond acceptors (Lipinski definition) is 5. The topological polar surface area (TPSA) is 90.8 Å². The van der Waals surface area contributed by atoms with Gasteiger partial charge in [0.15, 0.2) is 5.17 Å². The zero-order valence-electron chi connectivity index (χ0n) is 10.0. The number of carbonyl (C=O) groups is 2. The minimum absolute atomic E-state index is 0.178. The molecule has 2 aliphatic rings. The molecule has 0 aromatic carbocycles. The van der Waals surface area contributed by atoms with Crippen LogP contribution in [0.5, 0.6) is 0 Å². The van der Waals surface area contributed by atoms with E-state index in [0.717, 1.165) is 12.8 Å². The number of hydrogen-bond donors (Lipinski definition) is 3. The minimum Gasteiger partial charge on any atom is -0.478 e. The van der Waals surface area contributed by atoms with Crippen LogP contribution in [0.15, 0.2) is 16.2 Å². The molecule has 0 spiro atoms. The quantitative estimate of drug-likeness (QED) is 0.711. The predicted octanol–water partition coefficient (Wildman–Crippen LogP) is 1.01. The minimum atomic E-state index is -0.997. The Labute approximate surface area is 109 Å². The van der Waals surface area contributed by atoms with Crippen LogP contribution in [0.2, 0.25) is 0 Å². The van der Waals surface area contributed by atoms with Crippen LogP contribution in [0.1, 0.15) is 32.6 Å². The molecule has 3 N–H and O–H groups in total. The molecule has 18 heavy (non-hydrogen) atoms. The Morgan fingerprint density at radius 2 is 2.22 bits per heavy atom. The summed E-state index contributed by atoms with van der Waals surface area (Å²) >= 11 is 1.44. The lowest BCUT2D eigenvalue weighted by Gasteiger charge is -2.06. The molecule has 1 aliphatic heterocycles.